The van der Waals surface area contributed by atoms with E-state index < -0.39 is 23.7 Å². The molecule has 2 aromatic heterocycles. The van der Waals surface area contributed by atoms with Crippen molar-refractivity contribution < 1.29 is 28.2 Å². The fourth-order valence-electron chi connectivity index (χ4n) is 5.40. The van der Waals surface area contributed by atoms with E-state index in [0.29, 0.717) is 60.7 Å². The average molecular weight is 541 g/mol. The Morgan fingerprint density at radius 3 is 2.74 bits per heavy atom. The third kappa shape index (κ3) is 5.84. The second-order valence-corrected chi connectivity index (χ2v) is 10.4. The summed E-state index contributed by atoms with van der Waals surface area (Å²) in [6.07, 6.45) is 1.25. The number of nitrogens with one attached hydrogen (secondary N) is 1. The topological polar surface area (TPSA) is 98.5 Å². The zero-order chi connectivity index (χ0) is 27.6. The number of anilines is 1. The summed E-state index contributed by atoms with van der Waals surface area (Å²) in [5.41, 5.74) is 2.81. The third-order valence-electron chi connectivity index (χ3n) is 7.77. The number of carboxylic acids is 1. The van der Waals surface area contributed by atoms with E-state index in [0.717, 1.165) is 30.9 Å². The maximum Gasteiger partial charge on any atom is 0.303 e. The molecular weight excluding hydrogens is 506 g/mol. The van der Waals surface area contributed by atoms with E-state index >= 15 is 0 Å². The van der Waals surface area contributed by atoms with E-state index in [1.54, 1.807) is 36.0 Å². The number of methoxy groups -OCH3 is 1. The van der Waals surface area contributed by atoms with Crippen molar-refractivity contribution in [3.05, 3.63) is 64.5 Å². The third-order valence-corrected chi connectivity index (χ3v) is 7.77. The number of aryl methyl sites for hydroxylation is 2. The number of halogens is 2. The first-order valence-corrected chi connectivity index (χ1v) is 13.4. The van der Waals surface area contributed by atoms with E-state index in [1.807, 2.05) is 6.07 Å². The number of fused-ring (bicyclic) bond motifs is 1. The zero-order valence-corrected chi connectivity index (χ0v) is 22.3. The predicted octanol–water partition coefficient (Wildman–Crippen LogP) is 4.90. The first kappa shape index (κ1) is 26.9. The van der Waals surface area contributed by atoms with Gasteiger partial charge < -0.3 is 19.9 Å². The molecule has 3 heterocycles. The number of aliphatic carboxylic acids is 1. The van der Waals surface area contributed by atoms with Crippen molar-refractivity contribution in [3.8, 4) is 11.6 Å². The van der Waals surface area contributed by atoms with Gasteiger partial charge in [-0.05, 0) is 60.9 Å². The Hall–Kier alpha value is -3.69. The summed E-state index contributed by atoms with van der Waals surface area (Å²) in [5.74, 6) is 0.495. The van der Waals surface area contributed by atoms with Crippen molar-refractivity contribution in [3.63, 3.8) is 0 Å². The van der Waals surface area contributed by atoms with E-state index in [-0.39, 0.29) is 6.42 Å². The lowest BCUT2D eigenvalue weighted by molar-refractivity contribution is -0.137. The fraction of sp³-hybridized carbons (Fsp3) is 0.483. The van der Waals surface area contributed by atoms with Crippen molar-refractivity contribution in [2.75, 3.05) is 25.6 Å². The summed E-state index contributed by atoms with van der Waals surface area (Å²) in [6, 6.07) is 11.0. The van der Waals surface area contributed by atoms with Gasteiger partial charge in [0.2, 0.25) is 12.3 Å². The number of aromatic nitrogens is 3. The van der Waals surface area contributed by atoms with Crippen LogP contribution in [-0.4, -0.2) is 52.5 Å². The van der Waals surface area contributed by atoms with Gasteiger partial charge >= 0.3 is 5.97 Å². The van der Waals surface area contributed by atoms with Crippen LogP contribution >= 0.6 is 0 Å². The molecular formula is C29H34F2N4O4. The lowest BCUT2D eigenvalue weighted by atomic mass is 9.86. The van der Waals surface area contributed by atoms with Crippen LogP contribution in [-0.2, 0) is 36.5 Å². The van der Waals surface area contributed by atoms with Gasteiger partial charge in [0.05, 0.1) is 31.2 Å². The Balaban J connectivity index is 1.30. The number of carboxylic acid groups (broad SMARTS) is 1. The summed E-state index contributed by atoms with van der Waals surface area (Å²) < 4.78 is 40.7. The van der Waals surface area contributed by atoms with Crippen molar-refractivity contribution >= 4 is 11.8 Å². The largest absolute Gasteiger partial charge is 0.496 e. The second kappa shape index (κ2) is 11.2. The lowest BCUT2D eigenvalue weighted by Crippen LogP contribution is -2.19. The molecule has 0 spiro atoms. The van der Waals surface area contributed by atoms with Crippen LogP contribution in [0.4, 0.5) is 14.6 Å². The number of carbonyl (C=O) groups is 1. The normalized spacial score (nSPS) is 16.3. The Morgan fingerprint density at radius 2 is 2.03 bits per heavy atom. The number of hydrogen-bond acceptors (Lipinski definition) is 6. The molecule has 5 rings (SSSR count). The summed E-state index contributed by atoms with van der Waals surface area (Å²) >= 11 is 0. The van der Waals surface area contributed by atoms with Crippen molar-refractivity contribution in [1.29, 1.82) is 0 Å². The van der Waals surface area contributed by atoms with Gasteiger partial charge in [-0.3, -0.25) is 4.79 Å². The summed E-state index contributed by atoms with van der Waals surface area (Å²) in [7, 11) is 3.27. The molecule has 1 aliphatic heterocycles. The molecule has 1 atom stereocenters. The number of alkyl halides is 2. The molecule has 8 nitrogen and oxygen atoms in total. The van der Waals surface area contributed by atoms with E-state index in [1.165, 1.54) is 12.7 Å². The number of pyridine rings is 1. The van der Waals surface area contributed by atoms with E-state index in [2.05, 4.69) is 16.5 Å². The lowest BCUT2D eigenvalue weighted by Gasteiger charge is -2.22. The molecule has 208 valence electrons. The second-order valence-electron chi connectivity index (χ2n) is 10.4. The maximum atomic E-state index is 13.8. The Kier molecular flexibility index (Phi) is 7.72. The minimum absolute atomic E-state index is 0.188. The maximum absolute atomic E-state index is 13.8. The van der Waals surface area contributed by atoms with Crippen molar-refractivity contribution in [2.24, 2.45) is 7.05 Å². The number of nitrogens with zero attached hydrogens (tertiary/aromatic N) is 3. The van der Waals surface area contributed by atoms with Crippen LogP contribution in [0, 0.1) is 0 Å². The minimum atomic E-state index is -2.47. The molecule has 3 aromatic rings. The van der Waals surface area contributed by atoms with Gasteiger partial charge in [0.25, 0.3) is 0 Å². The van der Waals surface area contributed by atoms with Crippen molar-refractivity contribution in [2.45, 2.75) is 62.7 Å². The van der Waals surface area contributed by atoms with Gasteiger partial charge in [0, 0.05) is 37.7 Å². The van der Waals surface area contributed by atoms with Crippen LogP contribution in [0.25, 0.3) is 0 Å². The molecule has 39 heavy (non-hydrogen) atoms. The highest BCUT2D eigenvalue weighted by Crippen LogP contribution is 2.53. The number of rotatable bonds is 12. The standard InChI is InChI=1S/C29H34F2N4O4/c1-35-25(39-13-9-21-7-5-18-4-3-12-32-27(18)33-21)17-22(34-35)14-19(15-26(36)37)23-16-20(6-8-24(23)38-2)29(10-11-29)28(30)31/h5-8,16-17,19,28H,3-4,9-15H2,1-2H3,(H,32,33)(H,36,37). The quantitative estimate of drug-likeness (QED) is 0.337. The Bertz CT molecular complexity index is 1340. The fourth-order valence-corrected chi connectivity index (χ4v) is 5.40. The van der Waals surface area contributed by atoms with Crippen LogP contribution in [0.15, 0.2) is 36.4 Å². The SMILES string of the molecule is COc1ccc(C2(C(F)F)CC2)cc1C(CC(=O)O)Cc1cc(OCCc2ccc3c(n2)NCCC3)n(C)n1. The minimum Gasteiger partial charge on any atom is -0.496 e. The highest BCUT2D eigenvalue weighted by molar-refractivity contribution is 5.68. The van der Waals surface area contributed by atoms with Gasteiger partial charge in [0.1, 0.15) is 11.6 Å². The van der Waals surface area contributed by atoms with E-state index in [4.69, 9.17) is 14.5 Å². The van der Waals surface area contributed by atoms with Crippen LogP contribution in [0.2, 0.25) is 0 Å². The van der Waals surface area contributed by atoms with Gasteiger partial charge in [-0.2, -0.15) is 5.10 Å². The molecule has 1 fully saturated rings. The molecule has 0 amide bonds. The smallest absolute Gasteiger partial charge is 0.303 e. The van der Waals surface area contributed by atoms with Crippen LogP contribution < -0.4 is 14.8 Å². The molecule has 1 saturated carbocycles. The predicted molar refractivity (Wildman–Crippen MR) is 142 cm³/mol. The Labute approximate surface area is 226 Å². The molecule has 1 aliphatic carbocycles. The number of hydrogen-bond donors (Lipinski definition) is 2. The molecule has 2 aliphatic rings. The van der Waals surface area contributed by atoms with Crippen molar-refractivity contribution in [1.82, 2.24) is 14.8 Å². The molecule has 1 aromatic carbocycles. The molecule has 2 N–H and O–H groups in total. The molecule has 0 saturated heterocycles. The Morgan fingerprint density at radius 1 is 1.21 bits per heavy atom. The molecule has 0 radical (unpaired) electrons. The van der Waals surface area contributed by atoms with Gasteiger partial charge in [-0.25, -0.2) is 18.4 Å². The van der Waals surface area contributed by atoms with Gasteiger partial charge in [-0.1, -0.05) is 18.2 Å². The van der Waals surface area contributed by atoms with Crippen LogP contribution in [0.5, 0.6) is 11.6 Å². The van der Waals surface area contributed by atoms with Crippen LogP contribution in [0.1, 0.15) is 59.7 Å². The monoisotopic (exact) mass is 540 g/mol. The molecule has 10 heteroatoms. The molecule has 1 unspecified atom stereocenters. The average Bonchev–Trinajstić information content (AvgIpc) is 3.67. The van der Waals surface area contributed by atoms with Crippen LogP contribution in [0.3, 0.4) is 0 Å². The zero-order valence-electron chi connectivity index (χ0n) is 22.3. The van der Waals surface area contributed by atoms with Gasteiger partial charge in [-0.15, -0.1) is 0 Å². The van der Waals surface area contributed by atoms with E-state index in [9.17, 15) is 18.7 Å². The van der Waals surface area contributed by atoms with Gasteiger partial charge in [0.15, 0.2) is 0 Å². The summed E-state index contributed by atoms with van der Waals surface area (Å²) in [6.45, 7) is 1.35. The first-order chi connectivity index (χ1) is 18.8. The number of benzene rings is 1. The molecule has 0 bridgehead atoms. The first-order valence-electron chi connectivity index (χ1n) is 13.4. The highest BCUT2D eigenvalue weighted by atomic mass is 19.3. The number of ether oxygens (including phenoxy) is 2. The highest BCUT2D eigenvalue weighted by Gasteiger charge is 2.52. The summed E-state index contributed by atoms with van der Waals surface area (Å²) in [4.78, 5) is 16.5. The summed E-state index contributed by atoms with van der Waals surface area (Å²) in [5, 5.41) is 17.5.